The lowest BCUT2D eigenvalue weighted by molar-refractivity contribution is -0.124. The van der Waals surface area contributed by atoms with Gasteiger partial charge in [0.05, 0.1) is 19.4 Å². The van der Waals surface area contributed by atoms with Crippen molar-refractivity contribution in [2.24, 2.45) is 0 Å². The quantitative estimate of drug-likeness (QED) is 0.742. The number of nitrogens with zero attached hydrogens (tertiary/aromatic N) is 4. The highest BCUT2D eigenvalue weighted by molar-refractivity contribution is 7.90. The van der Waals surface area contributed by atoms with Crippen LogP contribution >= 0.6 is 0 Å². The van der Waals surface area contributed by atoms with Crippen molar-refractivity contribution in [3.05, 3.63) is 24.2 Å². The van der Waals surface area contributed by atoms with Gasteiger partial charge < -0.3 is 10.1 Å². The lowest BCUT2D eigenvalue weighted by Crippen LogP contribution is -2.47. The summed E-state index contributed by atoms with van der Waals surface area (Å²) in [6.45, 7) is 4.92. The Kier molecular flexibility index (Phi) is 5.54. The van der Waals surface area contributed by atoms with Gasteiger partial charge in [0.25, 0.3) is 0 Å². The molecule has 2 aromatic rings. The fourth-order valence-electron chi connectivity index (χ4n) is 3.04. The van der Waals surface area contributed by atoms with Crippen LogP contribution in [0.15, 0.2) is 23.5 Å². The van der Waals surface area contributed by atoms with Gasteiger partial charge in [-0.3, -0.25) is 9.69 Å². The normalized spacial score (nSPS) is 18.9. The highest BCUT2D eigenvalue weighted by Gasteiger charge is 2.25. The number of ether oxygens (including phenoxy) is 1. The van der Waals surface area contributed by atoms with Crippen LogP contribution < -0.4 is 5.32 Å². The first-order chi connectivity index (χ1) is 12.4. The minimum absolute atomic E-state index is 0.00445. The lowest BCUT2D eigenvalue weighted by atomic mass is 10.1. The van der Waals surface area contributed by atoms with E-state index in [1.165, 1.54) is 10.7 Å². The van der Waals surface area contributed by atoms with E-state index in [1.54, 1.807) is 12.4 Å². The molecule has 1 atom stereocenters. The largest absolute Gasteiger partial charge is 0.378 e. The zero-order valence-electron chi connectivity index (χ0n) is 14.9. The number of fused-ring (bicyclic) bond motifs is 1. The van der Waals surface area contributed by atoms with E-state index in [4.69, 9.17) is 4.74 Å². The Balaban J connectivity index is 1.77. The average molecular weight is 381 g/mol. The molecule has 3 rings (SSSR count). The smallest absolute Gasteiger partial charge is 0.221 e. The van der Waals surface area contributed by atoms with Crippen molar-refractivity contribution in [1.82, 2.24) is 24.8 Å². The first-order valence-corrected chi connectivity index (χ1v) is 10.4. The molecule has 1 saturated heterocycles. The molecule has 10 heteroatoms. The van der Waals surface area contributed by atoms with Crippen molar-refractivity contribution in [3.63, 3.8) is 0 Å². The van der Waals surface area contributed by atoms with Gasteiger partial charge >= 0.3 is 0 Å². The van der Waals surface area contributed by atoms with E-state index in [2.05, 4.69) is 20.3 Å². The molecular formula is C16H23N5O4S. The molecule has 3 heterocycles. The van der Waals surface area contributed by atoms with Crippen molar-refractivity contribution >= 4 is 21.4 Å². The molecule has 0 aliphatic carbocycles. The third kappa shape index (κ3) is 4.19. The maximum atomic E-state index is 11.9. The average Bonchev–Trinajstić information content (AvgIpc) is 3.00. The maximum absolute atomic E-state index is 11.9. The second kappa shape index (κ2) is 7.68. The number of nitrogens with one attached hydrogen (secondary N) is 1. The van der Waals surface area contributed by atoms with Crippen LogP contribution in [0.25, 0.3) is 5.65 Å². The number of aromatic nitrogens is 3. The molecule has 9 nitrogen and oxygen atoms in total. The van der Waals surface area contributed by atoms with Crippen LogP contribution in [0.5, 0.6) is 0 Å². The summed E-state index contributed by atoms with van der Waals surface area (Å²) in [5.41, 5.74) is 1.21. The Bertz CT molecular complexity index is 895. The Labute approximate surface area is 152 Å². The summed E-state index contributed by atoms with van der Waals surface area (Å²) in [7, 11) is -3.37. The number of carbonyl (C=O) groups excluding carboxylic acids is 1. The highest BCUT2D eigenvalue weighted by atomic mass is 32.2. The van der Waals surface area contributed by atoms with Crippen LogP contribution in [0.4, 0.5) is 0 Å². The molecule has 0 saturated carbocycles. The Hall–Kier alpha value is -2.04. The van der Waals surface area contributed by atoms with E-state index in [0.29, 0.717) is 38.4 Å². The predicted octanol–water partition coefficient (Wildman–Crippen LogP) is -0.140. The van der Waals surface area contributed by atoms with Gasteiger partial charge in [0.2, 0.25) is 5.91 Å². The van der Waals surface area contributed by atoms with Gasteiger partial charge in [-0.1, -0.05) is 0 Å². The Morgan fingerprint density at radius 3 is 2.96 bits per heavy atom. The fraction of sp³-hybridized carbons (Fsp3) is 0.562. The molecule has 0 radical (unpaired) electrons. The number of carbonyl (C=O) groups is 1. The number of rotatable bonds is 6. The standard InChI is InChI=1S/C16H23N5O4S/c1-3-17-15(22)6-13-11-25-5-4-20(13)9-12-7-18-16-14(26(2,23)24)8-19-21(16)10-12/h7-8,10,13H,3-6,9,11H2,1-2H3,(H,17,22). The van der Waals surface area contributed by atoms with Crippen molar-refractivity contribution in [2.45, 2.75) is 30.8 Å². The molecule has 2 aromatic heterocycles. The van der Waals surface area contributed by atoms with Gasteiger partial charge in [0.1, 0.15) is 4.90 Å². The second-order valence-electron chi connectivity index (χ2n) is 6.37. The van der Waals surface area contributed by atoms with Crippen LogP contribution in [0.3, 0.4) is 0 Å². The Morgan fingerprint density at radius 2 is 2.23 bits per heavy atom. The summed E-state index contributed by atoms with van der Waals surface area (Å²) in [4.78, 5) is 18.5. The number of morpholine rings is 1. The van der Waals surface area contributed by atoms with E-state index in [1.807, 2.05) is 6.92 Å². The number of hydrogen-bond acceptors (Lipinski definition) is 7. The minimum Gasteiger partial charge on any atom is -0.378 e. The van der Waals surface area contributed by atoms with Gasteiger partial charge in [0.15, 0.2) is 15.5 Å². The lowest BCUT2D eigenvalue weighted by Gasteiger charge is -2.35. The van der Waals surface area contributed by atoms with Crippen molar-refractivity contribution in [3.8, 4) is 0 Å². The number of hydrogen-bond donors (Lipinski definition) is 1. The van der Waals surface area contributed by atoms with Crippen LogP contribution in [-0.4, -0.2) is 72.4 Å². The third-order valence-electron chi connectivity index (χ3n) is 4.31. The molecule has 142 valence electrons. The molecule has 1 fully saturated rings. The Morgan fingerprint density at radius 1 is 1.42 bits per heavy atom. The SMILES string of the molecule is CCNC(=O)CC1COCCN1Cc1cnc2c(S(C)(=O)=O)cnn2c1. The van der Waals surface area contributed by atoms with Gasteiger partial charge in [0, 0.05) is 56.3 Å². The van der Waals surface area contributed by atoms with Gasteiger partial charge in [-0.2, -0.15) is 5.10 Å². The third-order valence-corrected chi connectivity index (χ3v) is 5.39. The molecule has 1 unspecified atom stereocenters. The number of amides is 1. The zero-order chi connectivity index (χ0) is 18.7. The molecule has 1 aliphatic rings. The summed E-state index contributed by atoms with van der Waals surface area (Å²) < 4.78 is 30.5. The van der Waals surface area contributed by atoms with E-state index in [-0.39, 0.29) is 16.8 Å². The predicted molar refractivity (Wildman–Crippen MR) is 94.4 cm³/mol. The van der Waals surface area contributed by atoms with Crippen LogP contribution in [0, 0.1) is 0 Å². The highest BCUT2D eigenvalue weighted by Crippen LogP contribution is 2.18. The van der Waals surface area contributed by atoms with Gasteiger partial charge in [-0.05, 0) is 6.92 Å². The first kappa shape index (κ1) is 18.7. The molecule has 26 heavy (non-hydrogen) atoms. The van der Waals surface area contributed by atoms with E-state index < -0.39 is 9.84 Å². The second-order valence-corrected chi connectivity index (χ2v) is 8.35. The van der Waals surface area contributed by atoms with Crippen LogP contribution in [-0.2, 0) is 25.9 Å². The van der Waals surface area contributed by atoms with E-state index >= 15 is 0 Å². The van der Waals surface area contributed by atoms with Gasteiger partial charge in [-0.15, -0.1) is 0 Å². The van der Waals surface area contributed by atoms with E-state index in [9.17, 15) is 13.2 Å². The molecule has 1 amide bonds. The molecule has 1 aliphatic heterocycles. The molecule has 0 bridgehead atoms. The minimum atomic E-state index is -3.37. The zero-order valence-corrected chi connectivity index (χ0v) is 15.7. The van der Waals surface area contributed by atoms with Crippen LogP contribution in [0.2, 0.25) is 0 Å². The molecular weight excluding hydrogens is 358 g/mol. The summed E-state index contributed by atoms with van der Waals surface area (Å²) >= 11 is 0. The van der Waals surface area contributed by atoms with Crippen molar-refractivity contribution in [2.75, 3.05) is 32.6 Å². The fourth-order valence-corrected chi connectivity index (χ4v) is 3.75. The van der Waals surface area contributed by atoms with Gasteiger partial charge in [-0.25, -0.2) is 17.9 Å². The first-order valence-electron chi connectivity index (χ1n) is 8.49. The number of sulfone groups is 1. The summed E-state index contributed by atoms with van der Waals surface area (Å²) in [5, 5.41) is 6.91. The monoisotopic (exact) mass is 381 g/mol. The topological polar surface area (TPSA) is 106 Å². The van der Waals surface area contributed by atoms with Crippen molar-refractivity contribution < 1.29 is 17.9 Å². The maximum Gasteiger partial charge on any atom is 0.221 e. The van der Waals surface area contributed by atoms with Crippen molar-refractivity contribution in [1.29, 1.82) is 0 Å². The summed E-state index contributed by atoms with van der Waals surface area (Å²) in [6.07, 6.45) is 6.26. The molecule has 1 N–H and O–H groups in total. The summed E-state index contributed by atoms with van der Waals surface area (Å²) in [5.74, 6) is 0.00597. The summed E-state index contributed by atoms with van der Waals surface area (Å²) in [6, 6.07) is -0.00445. The molecule has 0 aromatic carbocycles. The molecule has 0 spiro atoms. The van der Waals surface area contributed by atoms with E-state index in [0.717, 1.165) is 18.4 Å². The van der Waals surface area contributed by atoms with Crippen LogP contribution in [0.1, 0.15) is 18.9 Å².